The van der Waals surface area contributed by atoms with Crippen LogP contribution in [0.2, 0.25) is 0 Å². The smallest absolute Gasteiger partial charge is 0.236 e. The number of piperidine rings is 1. The summed E-state index contributed by atoms with van der Waals surface area (Å²) in [6.07, 6.45) is 9.48. The van der Waals surface area contributed by atoms with Gasteiger partial charge in [0.15, 0.2) is 0 Å². The van der Waals surface area contributed by atoms with Crippen LogP contribution >= 0.6 is 11.3 Å². The maximum absolute atomic E-state index is 12.8. The average Bonchev–Trinajstić information content (AvgIpc) is 3.27. The highest BCUT2D eigenvalue weighted by Gasteiger charge is 2.28. The van der Waals surface area contributed by atoms with Gasteiger partial charge in [0.25, 0.3) is 0 Å². The lowest BCUT2D eigenvalue weighted by atomic mass is 9.96. The maximum Gasteiger partial charge on any atom is 0.236 e. The minimum atomic E-state index is 0.0981. The van der Waals surface area contributed by atoms with Crippen molar-refractivity contribution < 1.29 is 9.21 Å². The normalized spacial score (nSPS) is 22.1. The predicted molar refractivity (Wildman–Crippen MR) is 112 cm³/mol. The molecule has 4 rings (SSSR count). The SMILES string of the molecule is Cc1oc(-c2cccs2)nc1CN1CCCC(C(=O)NC2CCCCCC2)C1. The van der Waals surface area contributed by atoms with E-state index in [9.17, 15) is 4.79 Å². The van der Waals surface area contributed by atoms with Crippen molar-refractivity contribution in [1.82, 2.24) is 15.2 Å². The van der Waals surface area contributed by atoms with Crippen molar-refractivity contribution in [3.8, 4) is 10.8 Å². The van der Waals surface area contributed by atoms with Crippen LogP contribution < -0.4 is 5.32 Å². The summed E-state index contributed by atoms with van der Waals surface area (Å²) >= 11 is 1.64. The fourth-order valence-corrected chi connectivity index (χ4v) is 5.10. The number of carbonyl (C=O) groups is 1. The van der Waals surface area contributed by atoms with Gasteiger partial charge in [0.1, 0.15) is 5.76 Å². The number of hydrogen-bond donors (Lipinski definition) is 1. The quantitative estimate of drug-likeness (QED) is 0.734. The van der Waals surface area contributed by atoms with Crippen LogP contribution in [0.5, 0.6) is 0 Å². The molecule has 0 spiro atoms. The highest BCUT2D eigenvalue weighted by atomic mass is 32.1. The third kappa shape index (κ3) is 4.84. The Kier molecular flexibility index (Phi) is 6.47. The van der Waals surface area contributed by atoms with E-state index in [2.05, 4.69) is 10.2 Å². The molecule has 1 unspecified atom stereocenters. The number of amides is 1. The number of hydrogen-bond acceptors (Lipinski definition) is 5. The van der Waals surface area contributed by atoms with Crippen molar-refractivity contribution in [3.63, 3.8) is 0 Å². The molecule has 1 aliphatic heterocycles. The molecule has 1 amide bonds. The molecule has 1 saturated carbocycles. The van der Waals surface area contributed by atoms with Gasteiger partial charge in [-0.3, -0.25) is 9.69 Å². The van der Waals surface area contributed by atoms with Gasteiger partial charge in [-0.2, -0.15) is 0 Å². The van der Waals surface area contributed by atoms with Crippen LogP contribution in [0.25, 0.3) is 10.8 Å². The van der Waals surface area contributed by atoms with E-state index in [-0.39, 0.29) is 11.8 Å². The molecule has 0 aromatic carbocycles. The number of likely N-dealkylation sites (tertiary alicyclic amines) is 1. The van der Waals surface area contributed by atoms with Gasteiger partial charge in [-0.1, -0.05) is 31.7 Å². The van der Waals surface area contributed by atoms with E-state index in [1.54, 1.807) is 11.3 Å². The molecular formula is C22H31N3O2S. The van der Waals surface area contributed by atoms with Crippen LogP contribution in [0.3, 0.4) is 0 Å². The van der Waals surface area contributed by atoms with Crippen LogP contribution in [-0.4, -0.2) is 34.9 Å². The second kappa shape index (κ2) is 9.23. The molecule has 2 fully saturated rings. The summed E-state index contributed by atoms with van der Waals surface area (Å²) in [4.78, 5) is 21.0. The summed E-state index contributed by atoms with van der Waals surface area (Å²) < 4.78 is 5.88. The van der Waals surface area contributed by atoms with Gasteiger partial charge in [-0.15, -0.1) is 11.3 Å². The van der Waals surface area contributed by atoms with E-state index in [1.165, 1.54) is 25.7 Å². The molecule has 6 heteroatoms. The fourth-order valence-electron chi connectivity index (χ4n) is 4.45. The summed E-state index contributed by atoms with van der Waals surface area (Å²) in [7, 11) is 0. The first-order valence-corrected chi connectivity index (χ1v) is 11.6. The summed E-state index contributed by atoms with van der Waals surface area (Å²) in [5, 5.41) is 5.39. The second-order valence-corrected chi connectivity index (χ2v) is 9.22. The standard InChI is InChI=1S/C22H31N3O2S/c1-16-19(24-22(27-16)20-11-7-13-28-20)15-25-12-6-8-17(14-25)21(26)23-18-9-4-2-3-5-10-18/h7,11,13,17-18H,2-6,8-10,12,14-15H2,1H3,(H,23,26). The average molecular weight is 402 g/mol. The lowest BCUT2D eigenvalue weighted by molar-refractivity contribution is -0.127. The van der Waals surface area contributed by atoms with E-state index in [0.29, 0.717) is 11.9 Å². The first-order chi connectivity index (χ1) is 13.7. The van der Waals surface area contributed by atoms with E-state index in [1.807, 2.05) is 24.4 Å². The van der Waals surface area contributed by atoms with Crippen molar-refractivity contribution in [3.05, 3.63) is 29.0 Å². The number of carbonyl (C=O) groups excluding carboxylic acids is 1. The van der Waals surface area contributed by atoms with E-state index >= 15 is 0 Å². The number of nitrogens with zero attached hydrogens (tertiary/aromatic N) is 2. The number of nitrogens with one attached hydrogen (secondary N) is 1. The first kappa shape index (κ1) is 19.6. The van der Waals surface area contributed by atoms with Gasteiger partial charge < -0.3 is 9.73 Å². The van der Waals surface area contributed by atoms with Gasteiger partial charge in [0.2, 0.25) is 11.8 Å². The van der Waals surface area contributed by atoms with Crippen molar-refractivity contribution in [1.29, 1.82) is 0 Å². The van der Waals surface area contributed by atoms with E-state index in [0.717, 1.165) is 61.6 Å². The third-order valence-electron chi connectivity index (χ3n) is 6.08. The Hall–Kier alpha value is -1.66. The Morgan fingerprint density at radius 3 is 2.82 bits per heavy atom. The van der Waals surface area contributed by atoms with Crippen LogP contribution in [0.4, 0.5) is 0 Å². The van der Waals surface area contributed by atoms with Gasteiger partial charge >= 0.3 is 0 Å². The topological polar surface area (TPSA) is 58.4 Å². The maximum atomic E-state index is 12.8. The molecular weight excluding hydrogens is 370 g/mol. The first-order valence-electron chi connectivity index (χ1n) is 10.7. The largest absolute Gasteiger partial charge is 0.440 e. The zero-order chi connectivity index (χ0) is 19.3. The summed E-state index contributed by atoms with van der Waals surface area (Å²) in [6.45, 7) is 4.58. The minimum Gasteiger partial charge on any atom is -0.440 e. The van der Waals surface area contributed by atoms with E-state index < -0.39 is 0 Å². The number of rotatable bonds is 5. The van der Waals surface area contributed by atoms with Gasteiger partial charge in [0.05, 0.1) is 16.5 Å². The molecule has 1 N–H and O–H groups in total. The van der Waals surface area contributed by atoms with Crippen molar-refractivity contribution in [2.45, 2.75) is 70.9 Å². The molecule has 5 nitrogen and oxygen atoms in total. The fraction of sp³-hybridized carbons (Fsp3) is 0.636. The number of aromatic nitrogens is 1. The molecule has 0 radical (unpaired) electrons. The zero-order valence-electron chi connectivity index (χ0n) is 16.8. The minimum absolute atomic E-state index is 0.0981. The summed E-state index contributed by atoms with van der Waals surface area (Å²) in [6, 6.07) is 4.44. The molecule has 2 aliphatic rings. The molecule has 1 aliphatic carbocycles. The van der Waals surface area contributed by atoms with Gasteiger partial charge in [-0.05, 0) is 50.6 Å². The second-order valence-electron chi connectivity index (χ2n) is 8.27. The molecule has 3 heterocycles. The van der Waals surface area contributed by atoms with Crippen LogP contribution in [0.15, 0.2) is 21.9 Å². The Balaban J connectivity index is 1.34. The Morgan fingerprint density at radius 2 is 2.07 bits per heavy atom. The highest BCUT2D eigenvalue weighted by Crippen LogP contribution is 2.27. The predicted octanol–water partition coefficient (Wildman–Crippen LogP) is 4.76. The van der Waals surface area contributed by atoms with Crippen LogP contribution in [0, 0.1) is 12.8 Å². The Labute approximate surface area is 171 Å². The molecule has 28 heavy (non-hydrogen) atoms. The lowest BCUT2D eigenvalue weighted by Crippen LogP contribution is -2.45. The molecule has 2 aromatic rings. The molecule has 1 atom stereocenters. The van der Waals surface area contributed by atoms with E-state index in [4.69, 9.17) is 9.40 Å². The Morgan fingerprint density at radius 1 is 1.25 bits per heavy atom. The Bertz CT molecular complexity index is 763. The van der Waals surface area contributed by atoms with Gasteiger partial charge in [-0.25, -0.2) is 4.98 Å². The molecule has 152 valence electrons. The summed E-state index contributed by atoms with van der Waals surface area (Å²) in [5.74, 6) is 1.95. The van der Waals surface area contributed by atoms with Crippen LogP contribution in [0.1, 0.15) is 62.8 Å². The number of oxazole rings is 1. The van der Waals surface area contributed by atoms with Crippen molar-refractivity contribution >= 4 is 17.2 Å². The zero-order valence-corrected chi connectivity index (χ0v) is 17.6. The monoisotopic (exact) mass is 401 g/mol. The van der Waals surface area contributed by atoms with Crippen molar-refractivity contribution in [2.24, 2.45) is 5.92 Å². The number of thiophene rings is 1. The molecule has 0 bridgehead atoms. The third-order valence-corrected chi connectivity index (χ3v) is 6.93. The van der Waals surface area contributed by atoms with Crippen molar-refractivity contribution in [2.75, 3.05) is 13.1 Å². The lowest BCUT2D eigenvalue weighted by Gasteiger charge is -2.32. The molecule has 2 aromatic heterocycles. The summed E-state index contributed by atoms with van der Waals surface area (Å²) in [5.41, 5.74) is 0.994. The highest BCUT2D eigenvalue weighted by molar-refractivity contribution is 7.13. The van der Waals surface area contributed by atoms with Gasteiger partial charge in [0, 0.05) is 19.1 Å². The molecule has 1 saturated heterocycles. The van der Waals surface area contributed by atoms with Crippen LogP contribution in [-0.2, 0) is 11.3 Å². The number of aryl methyl sites for hydroxylation is 1.